The Morgan fingerprint density at radius 1 is 1.05 bits per heavy atom. The fourth-order valence-electron chi connectivity index (χ4n) is 1.68. The van der Waals surface area contributed by atoms with Crippen LogP contribution in [-0.2, 0) is 4.79 Å². The molecule has 0 atom stereocenters. The van der Waals surface area contributed by atoms with Crippen LogP contribution in [0, 0.1) is 0 Å². The normalized spacial score (nSPS) is 9.95. The molecule has 2 amide bonds. The molecule has 0 aliphatic rings. The Morgan fingerprint density at radius 2 is 1.77 bits per heavy atom. The molecule has 0 saturated carbocycles. The van der Waals surface area contributed by atoms with Gasteiger partial charge in [0.05, 0.1) is 15.7 Å². The first-order chi connectivity index (χ1) is 10.5. The standard InChI is InChI=1S/C15H12Cl2N2O3/c1-9(20)18-10-4-2-5-11(8-10)22-15(21)19-13-7-3-6-12(16)14(13)17/h2-8H,1H3,(H,18,20)(H,19,21). The molecule has 2 aromatic carbocycles. The first-order valence-electron chi connectivity index (χ1n) is 6.26. The SMILES string of the molecule is CC(=O)Nc1cccc(OC(=O)Nc2cccc(Cl)c2Cl)c1. The van der Waals surface area contributed by atoms with Crippen LogP contribution < -0.4 is 15.4 Å². The van der Waals surface area contributed by atoms with Crippen LogP contribution in [0.4, 0.5) is 16.2 Å². The molecule has 2 aromatic rings. The van der Waals surface area contributed by atoms with Gasteiger partial charge in [0.25, 0.3) is 0 Å². The van der Waals surface area contributed by atoms with Gasteiger partial charge in [0.1, 0.15) is 5.75 Å². The van der Waals surface area contributed by atoms with Crippen molar-refractivity contribution in [2.45, 2.75) is 6.92 Å². The maximum absolute atomic E-state index is 11.9. The van der Waals surface area contributed by atoms with Crippen molar-refractivity contribution in [3.05, 3.63) is 52.5 Å². The molecule has 22 heavy (non-hydrogen) atoms. The van der Waals surface area contributed by atoms with Crippen molar-refractivity contribution in [1.29, 1.82) is 0 Å². The monoisotopic (exact) mass is 338 g/mol. The van der Waals surface area contributed by atoms with Gasteiger partial charge in [-0.15, -0.1) is 0 Å². The third-order valence-electron chi connectivity index (χ3n) is 2.55. The zero-order valence-corrected chi connectivity index (χ0v) is 13.0. The van der Waals surface area contributed by atoms with E-state index >= 15 is 0 Å². The molecule has 2 rings (SSSR count). The molecule has 0 unspecified atom stereocenters. The summed E-state index contributed by atoms with van der Waals surface area (Å²) in [5.41, 5.74) is 0.871. The van der Waals surface area contributed by atoms with E-state index < -0.39 is 6.09 Å². The van der Waals surface area contributed by atoms with Crippen molar-refractivity contribution < 1.29 is 14.3 Å². The van der Waals surface area contributed by atoms with Gasteiger partial charge < -0.3 is 10.1 Å². The van der Waals surface area contributed by atoms with Crippen LogP contribution in [0.25, 0.3) is 0 Å². The number of hydrogen-bond acceptors (Lipinski definition) is 3. The molecule has 0 spiro atoms. The van der Waals surface area contributed by atoms with E-state index in [1.807, 2.05) is 0 Å². The van der Waals surface area contributed by atoms with E-state index in [9.17, 15) is 9.59 Å². The number of carbonyl (C=O) groups is 2. The fraction of sp³-hybridized carbons (Fsp3) is 0.0667. The van der Waals surface area contributed by atoms with Crippen molar-refractivity contribution in [2.75, 3.05) is 10.6 Å². The van der Waals surface area contributed by atoms with Crippen LogP contribution in [-0.4, -0.2) is 12.0 Å². The molecular formula is C15H12Cl2N2O3. The molecule has 0 aliphatic heterocycles. The predicted molar refractivity (Wildman–Crippen MR) is 86.9 cm³/mol. The molecule has 0 fully saturated rings. The third kappa shape index (κ3) is 4.38. The molecule has 114 valence electrons. The van der Waals surface area contributed by atoms with Gasteiger partial charge in [-0.25, -0.2) is 4.79 Å². The Kier molecular flexibility index (Phi) is 5.25. The highest BCUT2D eigenvalue weighted by molar-refractivity contribution is 6.43. The highest BCUT2D eigenvalue weighted by atomic mass is 35.5. The minimum atomic E-state index is -0.718. The zero-order chi connectivity index (χ0) is 16.1. The van der Waals surface area contributed by atoms with E-state index in [1.54, 1.807) is 36.4 Å². The van der Waals surface area contributed by atoms with Crippen LogP contribution >= 0.6 is 23.2 Å². The number of rotatable bonds is 3. The van der Waals surface area contributed by atoms with Crippen LogP contribution in [0.3, 0.4) is 0 Å². The van der Waals surface area contributed by atoms with Gasteiger partial charge in [-0.1, -0.05) is 35.3 Å². The summed E-state index contributed by atoms with van der Waals surface area (Å²) in [6.07, 6.45) is -0.718. The van der Waals surface area contributed by atoms with E-state index in [4.69, 9.17) is 27.9 Å². The van der Waals surface area contributed by atoms with Crippen LogP contribution in [0.15, 0.2) is 42.5 Å². The lowest BCUT2D eigenvalue weighted by atomic mass is 10.3. The minimum Gasteiger partial charge on any atom is -0.410 e. The number of carbonyl (C=O) groups excluding carboxylic acids is 2. The molecule has 0 aliphatic carbocycles. The summed E-state index contributed by atoms with van der Waals surface area (Å²) >= 11 is 11.8. The van der Waals surface area contributed by atoms with Gasteiger partial charge >= 0.3 is 6.09 Å². The van der Waals surface area contributed by atoms with E-state index in [0.717, 1.165) is 0 Å². The topological polar surface area (TPSA) is 67.4 Å². The third-order valence-corrected chi connectivity index (χ3v) is 3.37. The van der Waals surface area contributed by atoms with Gasteiger partial charge in [-0.2, -0.15) is 0 Å². The van der Waals surface area contributed by atoms with E-state index in [-0.39, 0.29) is 16.7 Å². The van der Waals surface area contributed by atoms with Gasteiger partial charge in [-0.3, -0.25) is 10.1 Å². The minimum absolute atomic E-state index is 0.215. The summed E-state index contributed by atoms with van der Waals surface area (Å²) in [6.45, 7) is 1.39. The predicted octanol–water partition coefficient (Wildman–Crippen LogP) is 4.56. The molecule has 5 nitrogen and oxygen atoms in total. The van der Waals surface area contributed by atoms with Crippen LogP contribution in [0.1, 0.15) is 6.92 Å². The Labute approximate surface area is 137 Å². The lowest BCUT2D eigenvalue weighted by Gasteiger charge is -2.09. The first kappa shape index (κ1) is 16.1. The van der Waals surface area contributed by atoms with Gasteiger partial charge in [0.2, 0.25) is 5.91 Å². The quantitative estimate of drug-likeness (QED) is 0.861. The van der Waals surface area contributed by atoms with Crippen molar-refractivity contribution in [3.8, 4) is 5.75 Å². The molecule has 0 heterocycles. The summed E-state index contributed by atoms with van der Waals surface area (Å²) < 4.78 is 5.13. The van der Waals surface area contributed by atoms with Crippen molar-refractivity contribution in [3.63, 3.8) is 0 Å². The molecule has 0 bridgehead atoms. The number of anilines is 2. The van der Waals surface area contributed by atoms with Crippen LogP contribution in [0.2, 0.25) is 10.0 Å². The second kappa shape index (κ2) is 7.15. The summed E-state index contributed by atoms with van der Waals surface area (Å²) in [5, 5.41) is 5.65. The average molecular weight is 339 g/mol. The summed E-state index contributed by atoms with van der Waals surface area (Å²) in [5.74, 6) is 0.0641. The second-order valence-corrected chi connectivity index (χ2v) is 5.11. The van der Waals surface area contributed by atoms with Gasteiger partial charge in [0.15, 0.2) is 0 Å². The smallest absolute Gasteiger partial charge is 0.410 e. The zero-order valence-electron chi connectivity index (χ0n) is 11.5. The highest BCUT2D eigenvalue weighted by Crippen LogP contribution is 2.29. The van der Waals surface area contributed by atoms with Crippen molar-refractivity contribution >= 4 is 46.6 Å². The maximum Gasteiger partial charge on any atom is 0.417 e. The fourth-order valence-corrected chi connectivity index (χ4v) is 2.03. The summed E-state index contributed by atoms with van der Waals surface area (Å²) in [7, 11) is 0. The maximum atomic E-state index is 11.9. The van der Waals surface area contributed by atoms with Gasteiger partial charge in [0, 0.05) is 18.7 Å². The largest absolute Gasteiger partial charge is 0.417 e. The Bertz CT molecular complexity index is 720. The number of benzene rings is 2. The number of hydrogen-bond donors (Lipinski definition) is 2. The van der Waals surface area contributed by atoms with E-state index in [2.05, 4.69) is 10.6 Å². The molecule has 7 heteroatoms. The second-order valence-electron chi connectivity index (χ2n) is 4.32. The molecule has 0 radical (unpaired) electrons. The van der Waals surface area contributed by atoms with E-state index in [0.29, 0.717) is 16.4 Å². The Hall–Kier alpha value is -2.24. The Morgan fingerprint density at radius 3 is 2.50 bits per heavy atom. The molecule has 2 N–H and O–H groups in total. The van der Waals surface area contributed by atoms with Crippen LogP contribution in [0.5, 0.6) is 5.75 Å². The average Bonchev–Trinajstić information content (AvgIpc) is 2.43. The van der Waals surface area contributed by atoms with Crippen molar-refractivity contribution in [1.82, 2.24) is 0 Å². The van der Waals surface area contributed by atoms with Gasteiger partial charge in [-0.05, 0) is 24.3 Å². The lowest BCUT2D eigenvalue weighted by Crippen LogP contribution is -2.17. The molecular weight excluding hydrogens is 327 g/mol. The highest BCUT2D eigenvalue weighted by Gasteiger charge is 2.10. The Balaban J connectivity index is 2.06. The van der Waals surface area contributed by atoms with E-state index in [1.165, 1.54) is 13.0 Å². The number of halogens is 2. The number of amides is 2. The number of ether oxygens (including phenoxy) is 1. The lowest BCUT2D eigenvalue weighted by molar-refractivity contribution is -0.114. The van der Waals surface area contributed by atoms with Crippen molar-refractivity contribution in [2.24, 2.45) is 0 Å². The molecule has 0 aromatic heterocycles. The summed E-state index contributed by atoms with van der Waals surface area (Å²) in [4.78, 5) is 22.9. The molecule has 0 saturated heterocycles. The summed E-state index contributed by atoms with van der Waals surface area (Å²) in [6, 6.07) is 11.3. The number of nitrogens with one attached hydrogen (secondary N) is 2. The first-order valence-corrected chi connectivity index (χ1v) is 7.02.